The monoisotopic (exact) mass is 651 g/mol. The van der Waals surface area contributed by atoms with Crippen molar-refractivity contribution in [2.75, 3.05) is 0 Å². The van der Waals surface area contributed by atoms with Gasteiger partial charge in [0, 0.05) is 32.8 Å². The number of hydrogen-bond donors (Lipinski definition) is 0. The molecule has 0 unspecified atom stereocenters. The molecule has 0 amide bonds. The van der Waals surface area contributed by atoms with E-state index in [0.717, 1.165) is 60.5 Å². The Balaban J connectivity index is 1.14. The zero-order valence-electron chi connectivity index (χ0n) is 27.5. The maximum Gasteiger partial charge on any atom is 0.164 e. The van der Waals surface area contributed by atoms with Crippen LogP contribution in [-0.4, -0.2) is 15.0 Å². The number of fused-ring (bicyclic) bond motifs is 6. The van der Waals surface area contributed by atoms with Crippen molar-refractivity contribution < 1.29 is 4.42 Å². The van der Waals surface area contributed by atoms with E-state index < -0.39 is 0 Å². The van der Waals surface area contributed by atoms with Crippen molar-refractivity contribution in [2.45, 2.75) is 0 Å². The van der Waals surface area contributed by atoms with E-state index >= 15 is 0 Å². The molecule has 4 heteroatoms. The van der Waals surface area contributed by atoms with E-state index in [0.29, 0.717) is 17.5 Å². The highest BCUT2D eigenvalue weighted by atomic mass is 16.3. The lowest BCUT2D eigenvalue weighted by molar-refractivity contribution is 0.672. The van der Waals surface area contributed by atoms with Crippen LogP contribution in [0, 0.1) is 0 Å². The van der Waals surface area contributed by atoms with Gasteiger partial charge in [-0.3, -0.25) is 0 Å². The summed E-state index contributed by atoms with van der Waals surface area (Å²) in [5.74, 6) is 1.86. The van der Waals surface area contributed by atoms with E-state index in [4.69, 9.17) is 19.4 Å². The summed E-state index contributed by atoms with van der Waals surface area (Å²) in [5.41, 5.74) is 9.09. The highest BCUT2D eigenvalue weighted by Gasteiger charge is 2.20. The summed E-state index contributed by atoms with van der Waals surface area (Å²) in [6.45, 7) is 0. The van der Waals surface area contributed by atoms with E-state index in [1.807, 2.05) is 72.8 Å². The van der Waals surface area contributed by atoms with Gasteiger partial charge in [0.25, 0.3) is 0 Å². The quantitative estimate of drug-likeness (QED) is 0.186. The van der Waals surface area contributed by atoms with Crippen LogP contribution in [0.2, 0.25) is 0 Å². The predicted molar refractivity (Wildman–Crippen MR) is 209 cm³/mol. The number of nitrogens with zero attached hydrogens (tertiary/aromatic N) is 3. The SMILES string of the molecule is c1ccc(-c2nc(-c3ccccc3)nc(-c3cc4ccc(-c5ccc(-c6ccc7ccccc7c6)cc5)cc4c4oc5ccccc5c34)n2)cc1. The molecule has 0 fully saturated rings. The van der Waals surface area contributed by atoms with Crippen LogP contribution in [0.4, 0.5) is 0 Å². The van der Waals surface area contributed by atoms with E-state index in [2.05, 4.69) is 103 Å². The molecule has 0 saturated heterocycles. The normalized spacial score (nSPS) is 11.5. The largest absolute Gasteiger partial charge is 0.455 e. The molecule has 8 aromatic carbocycles. The van der Waals surface area contributed by atoms with Crippen molar-refractivity contribution >= 4 is 43.5 Å². The van der Waals surface area contributed by atoms with Crippen LogP contribution in [0.3, 0.4) is 0 Å². The molecule has 0 bridgehead atoms. The van der Waals surface area contributed by atoms with Gasteiger partial charge < -0.3 is 4.42 Å². The van der Waals surface area contributed by atoms with Gasteiger partial charge >= 0.3 is 0 Å². The number of benzene rings is 8. The van der Waals surface area contributed by atoms with E-state index in [-0.39, 0.29) is 0 Å². The number of hydrogen-bond acceptors (Lipinski definition) is 4. The fourth-order valence-corrected chi connectivity index (χ4v) is 7.12. The summed E-state index contributed by atoms with van der Waals surface area (Å²) in [6.07, 6.45) is 0. The Morgan fingerprint density at radius 2 is 0.863 bits per heavy atom. The first kappa shape index (κ1) is 29.0. The molecule has 2 heterocycles. The first-order chi connectivity index (χ1) is 25.2. The summed E-state index contributed by atoms with van der Waals surface area (Å²) >= 11 is 0. The smallest absolute Gasteiger partial charge is 0.164 e. The predicted octanol–water partition coefficient (Wildman–Crippen LogP) is 12.4. The number of aromatic nitrogens is 3. The van der Waals surface area contributed by atoms with Crippen molar-refractivity contribution in [3.05, 3.63) is 176 Å². The highest BCUT2D eigenvalue weighted by Crippen LogP contribution is 2.42. The van der Waals surface area contributed by atoms with Crippen molar-refractivity contribution in [1.29, 1.82) is 0 Å². The van der Waals surface area contributed by atoms with Crippen LogP contribution < -0.4 is 0 Å². The molecule has 10 rings (SSSR count). The van der Waals surface area contributed by atoms with Gasteiger partial charge in [0.15, 0.2) is 17.5 Å². The second kappa shape index (κ2) is 11.9. The third-order valence-corrected chi connectivity index (χ3v) is 9.70. The molecule has 2 aromatic heterocycles. The summed E-state index contributed by atoms with van der Waals surface area (Å²) in [6, 6.07) is 61.1. The van der Waals surface area contributed by atoms with Gasteiger partial charge in [-0.2, -0.15) is 0 Å². The third kappa shape index (κ3) is 5.13. The second-order valence-corrected chi connectivity index (χ2v) is 12.8. The van der Waals surface area contributed by atoms with Crippen molar-refractivity contribution in [2.24, 2.45) is 0 Å². The van der Waals surface area contributed by atoms with Gasteiger partial charge in [-0.1, -0.05) is 152 Å². The van der Waals surface area contributed by atoms with Crippen LogP contribution in [0.5, 0.6) is 0 Å². The van der Waals surface area contributed by atoms with Crippen LogP contribution in [0.25, 0.3) is 99.9 Å². The standard InChI is InChI=1S/C47H29N3O/c1-3-12-33(13-4-1)45-48-46(34-14-5-2-6-15-34)50-47(49-45)41-29-38-26-25-37(28-40(38)44-43(41)39-17-9-10-18-42(39)51-44)32-21-19-31(20-22-32)36-24-23-30-11-7-8-16-35(30)27-36/h1-29H. The molecule has 0 saturated carbocycles. The lowest BCUT2D eigenvalue weighted by atomic mass is 9.95. The third-order valence-electron chi connectivity index (χ3n) is 9.70. The first-order valence-corrected chi connectivity index (χ1v) is 17.1. The van der Waals surface area contributed by atoms with Gasteiger partial charge in [0.1, 0.15) is 11.2 Å². The Hall–Kier alpha value is -6.91. The first-order valence-electron chi connectivity index (χ1n) is 17.1. The average molecular weight is 652 g/mol. The molecular formula is C47H29N3O. The molecule has 0 aliphatic rings. The van der Waals surface area contributed by atoms with Crippen LogP contribution in [0.15, 0.2) is 180 Å². The van der Waals surface area contributed by atoms with Gasteiger partial charge in [-0.05, 0) is 62.7 Å². The molecule has 0 N–H and O–H groups in total. The Kier molecular flexibility index (Phi) is 6.78. The number of para-hydroxylation sites is 1. The lowest BCUT2D eigenvalue weighted by Gasteiger charge is -2.11. The van der Waals surface area contributed by atoms with Crippen LogP contribution in [0.1, 0.15) is 0 Å². The van der Waals surface area contributed by atoms with Crippen molar-refractivity contribution in [3.63, 3.8) is 0 Å². The van der Waals surface area contributed by atoms with Gasteiger partial charge in [-0.15, -0.1) is 0 Å². The second-order valence-electron chi connectivity index (χ2n) is 12.8. The van der Waals surface area contributed by atoms with Crippen LogP contribution >= 0.6 is 0 Å². The van der Waals surface area contributed by atoms with Crippen molar-refractivity contribution in [3.8, 4) is 56.4 Å². The molecule has 238 valence electrons. The minimum Gasteiger partial charge on any atom is -0.455 e. The summed E-state index contributed by atoms with van der Waals surface area (Å²) < 4.78 is 6.69. The minimum atomic E-state index is 0.606. The molecule has 0 aliphatic heterocycles. The van der Waals surface area contributed by atoms with Crippen LogP contribution in [-0.2, 0) is 0 Å². The topological polar surface area (TPSA) is 51.8 Å². The Bertz CT molecular complexity index is 2840. The molecule has 0 radical (unpaired) electrons. The fourth-order valence-electron chi connectivity index (χ4n) is 7.12. The van der Waals surface area contributed by atoms with E-state index in [9.17, 15) is 0 Å². The number of furan rings is 1. The Morgan fingerprint density at radius 1 is 0.333 bits per heavy atom. The molecule has 51 heavy (non-hydrogen) atoms. The highest BCUT2D eigenvalue weighted by molar-refractivity contribution is 6.21. The van der Waals surface area contributed by atoms with Gasteiger partial charge in [-0.25, -0.2) is 15.0 Å². The van der Waals surface area contributed by atoms with Crippen molar-refractivity contribution in [1.82, 2.24) is 15.0 Å². The van der Waals surface area contributed by atoms with Gasteiger partial charge in [0.2, 0.25) is 0 Å². The zero-order chi connectivity index (χ0) is 33.7. The molecule has 0 spiro atoms. The summed E-state index contributed by atoms with van der Waals surface area (Å²) in [7, 11) is 0. The van der Waals surface area contributed by atoms with E-state index in [1.165, 1.54) is 21.9 Å². The Labute approximate surface area is 294 Å². The maximum atomic E-state index is 6.69. The summed E-state index contributed by atoms with van der Waals surface area (Å²) in [4.78, 5) is 15.1. The molecule has 0 atom stereocenters. The minimum absolute atomic E-state index is 0.606. The Morgan fingerprint density at radius 3 is 1.55 bits per heavy atom. The molecule has 4 nitrogen and oxygen atoms in total. The maximum absolute atomic E-state index is 6.69. The average Bonchev–Trinajstić information content (AvgIpc) is 3.61. The van der Waals surface area contributed by atoms with E-state index in [1.54, 1.807) is 0 Å². The molecule has 0 aliphatic carbocycles. The lowest BCUT2D eigenvalue weighted by Crippen LogP contribution is -2.00. The van der Waals surface area contributed by atoms with Gasteiger partial charge in [0.05, 0.1) is 0 Å². The molecule has 10 aromatic rings. The number of rotatable bonds is 5. The molecular weight excluding hydrogens is 623 g/mol. The fraction of sp³-hybridized carbons (Fsp3) is 0. The summed E-state index contributed by atoms with van der Waals surface area (Å²) in [5, 5.41) is 6.60. The zero-order valence-corrected chi connectivity index (χ0v) is 27.5.